The molecule has 288 valence electrons. The van der Waals surface area contributed by atoms with Crippen LogP contribution in [0.15, 0.2) is 24.3 Å². The maximum absolute atomic E-state index is 12.7. The van der Waals surface area contributed by atoms with Gasteiger partial charge in [-0.25, -0.2) is 0 Å². The molecule has 0 saturated heterocycles. The Hall–Kier alpha value is -1.58. The number of aliphatic carboxylic acids is 1. The highest BCUT2D eigenvalue weighted by molar-refractivity contribution is 5.69. The molecular formula is C45H84O4. The number of carboxylic acid groups (broad SMARTS) is 1. The van der Waals surface area contributed by atoms with Gasteiger partial charge in [0.25, 0.3) is 0 Å². The van der Waals surface area contributed by atoms with Crippen molar-refractivity contribution in [3.63, 3.8) is 0 Å². The van der Waals surface area contributed by atoms with Gasteiger partial charge >= 0.3 is 11.9 Å². The molecule has 4 nitrogen and oxygen atoms in total. The molecule has 0 amide bonds. The summed E-state index contributed by atoms with van der Waals surface area (Å²) in [5.74, 6) is -0.697. The first kappa shape index (κ1) is 47.4. The molecule has 0 heterocycles. The average molecular weight is 689 g/mol. The summed E-state index contributed by atoms with van der Waals surface area (Å²) in [6.45, 7) is 4.54. The number of carboxylic acids is 1. The highest BCUT2D eigenvalue weighted by Gasteiger charge is 2.14. The van der Waals surface area contributed by atoms with Crippen LogP contribution in [0.25, 0.3) is 0 Å². The molecular weight excluding hydrogens is 604 g/mol. The van der Waals surface area contributed by atoms with Gasteiger partial charge in [-0.3, -0.25) is 9.59 Å². The third-order valence-corrected chi connectivity index (χ3v) is 9.93. The number of ether oxygens (including phenoxy) is 1. The predicted octanol–water partition coefficient (Wildman–Crippen LogP) is 15.2. The minimum absolute atomic E-state index is 0.00171. The number of unbranched alkanes of at least 4 members (excludes halogenated alkanes) is 27. The van der Waals surface area contributed by atoms with Crippen molar-refractivity contribution >= 4 is 11.9 Å². The third-order valence-electron chi connectivity index (χ3n) is 9.93. The van der Waals surface area contributed by atoms with E-state index < -0.39 is 5.97 Å². The van der Waals surface area contributed by atoms with Crippen molar-refractivity contribution in [1.82, 2.24) is 0 Å². The van der Waals surface area contributed by atoms with Crippen LogP contribution < -0.4 is 0 Å². The minimum Gasteiger partial charge on any atom is -0.481 e. The summed E-state index contributed by atoms with van der Waals surface area (Å²) in [6, 6.07) is 0. The van der Waals surface area contributed by atoms with Crippen molar-refractivity contribution in [1.29, 1.82) is 0 Å². The number of carbonyl (C=O) groups is 2. The van der Waals surface area contributed by atoms with Gasteiger partial charge in [0, 0.05) is 12.8 Å². The first-order chi connectivity index (χ1) is 24.1. The molecule has 0 rings (SSSR count). The van der Waals surface area contributed by atoms with E-state index in [4.69, 9.17) is 9.84 Å². The van der Waals surface area contributed by atoms with Gasteiger partial charge in [-0.15, -0.1) is 0 Å². The van der Waals surface area contributed by atoms with Crippen molar-refractivity contribution in [2.24, 2.45) is 0 Å². The van der Waals surface area contributed by atoms with E-state index in [1.807, 2.05) is 0 Å². The molecule has 1 unspecified atom stereocenters. The van der Waals surface area contributed by atoms with Crippen LogP contribution in [0.2, 0.25) is 0 Å². The van der Waals surface area contributed by atoms with E-state index >= 15 is 0 Å². The zero-order chi connectivity index (χ0) is 35.7. The van der Waals surface area contributed by atoms with Gasteiger partial charge in [-0.1, -0.05) is 186 Å². The Kier molecular flexibility index (Phi) is 39.5. The van der Waals surface area contributed by atoms with Crippen molar-refractivity contribution in [3.05, 3.63) is 24.3 Å². The first-order valence-corrected chi connectivity index (χ1v) is 21.8. The largest absolute Gasteiger partial charge is 0.481 e. The smallest absolute Gasteiger partial charge is 0.306 e. The van der Waals surface area contributed by atoms with Crippen LogP contribution in [-0.4, -0.2) is 23.1 Å². The number of hydrogen-bond donors (Lipinski definition) is 1. The van der Waals surface area contributed by atoms with Crippen molar-refractivity contribution in [3.8, 4) is 0 Å². The second-order valence-corrected chi connectivity index (χ2v) is 14.9. The fraction of sp³-hybridized carbons (Fsp3) is 0.867. The van der Waals surface area contributed by atoms with Gasteiger partial charge in [0.15, 0.2) is 0 Å². The zero-order valence-corrected chi connectivity index (χ0v) is 33.0. The number of carbonyl (C=O) groups excluding carboxylic acids is 1. The van der Waals surface area contributed by atoms with Gasteiger partial charge in [0.2, 0.25) is 0 Å². The van der Waals surface area contributed by atoms with Gasteiger partial charge in [0.05, 0.1) is 0 Å². The molecule has 0 aliphatic carbocycles. The quantitative estimate of drug-likeness (QED) is 0.0395. The maximum atomic E-state index is 12.7. The van der Waals surface area contributed by atoms with Crippen LogP contribution in [0.5, 0.6) is 0 Å². The molecule has 0 aliphatic heterocycles. The third kappa shape index (κ3) is 40.7. The Labute approximate surface area is 306 Å². The molecule has 49 heavy (non-hydrogen) atoms. The van der Waals surface area contributed by atoms with E-state index in [0.29, 0.717) is 6.42 Å². The minimum atomic E-state index is -0.699. The van der Waals surface area contributed by atoms with Crippen LogP contribution in [0.3, 0.4) is 0 Å². The van der Waals surface area contributed by atoms with E-state index in [1.54, 1.807) is 0 Å². The van der Waals surface area contributed by atoms with Crippen molar-refractivity contribution < 1.29 is 19.4 Å². The molecule has 4 heteroatoms. The molecule has 1 N–H and O–H groups in total. The topological polar surface area (TPSA) is 63.6 Å². The normalized spacial score (nSPS) is 12.4. The fourth-order valence-electron chi connectivity index (χ4n) is 6.69. The van der Waals surface area contributed by atoms with Gasteiger partial charge in [0.1, 0.15) is 6.10 Å². The molecule has 0 fully saturated rings. The predicted molar refractivity (Wildman–Crippen MR) is 213 cm³/mol. The summed E-state index contributed by atoms with van der Waals surface area (Å²) in [5, 5.41) is 8.81. The van der Waals surface area contributed by atoms with Crippen molar-refractivity contribution in [2.45, 2.75) is 251 Å². The number of rotatable bonds is 40. The van der Waals surface area contributed by atoms with E-state index in [1.165, 1.54) is 148 Å². The van der Waals surface area contributed by atoms with Crippen LogP contribution in [0.4, 0.5) is 0 Å². The molecule has 0 saturated carbocycles. The Morgan fingerprint density at radius 2 is 0.796 bits per heavy atom. The standard InChI is InChI=1S/C45H84O4/c1-3-5-7-9-11-13-14-15-16-17-18-19-20-21-22-23-24-25-26-27-29-34-38-42-45(48)49-43(39-35-31-28-12-10-8-6-4-2)40-36-32-30-33-37-41-44(46)47/h14-15,17-18,43H,3-13,16,19-42H2,1-2H3,(H,46,47)/b15-14-,18-17-. The van der Waals surface area contributed by atoms with E-state index in [0.717, 1.165) is 70.6 Å². The summed E-state index contributed by atoms with van der Waals surface area (Å²) in [5.41, 5.74) is 0. The van der Waals surface area contributed by atoms with Crippen LogP contribution in [0.1, 0.15) is 245 Å². The molecule has 0 bridgehead atoms. The lowest BCUT2D eigenvalue weighted by Crippen LogP contribution is -2.18. The summed E-state index contributed by atoms with van der Waals surface area (Å²) >= 11 is 0. The van der Waals surface area contributed by atoms with Crippen LogP contribution >= 0.6 is 0 Å². The van der Waals surface area contributed by atoms with Crippen molar-refractivity contribution in [2.75, 3.05) is 0 Å². The van der Waals surface area contributed by atoms with Crippen LogP contribution in [0, 0.1) is 0 Å². The molecule has 0 radical (unpaired) electrons. The molecule has 0 aliphatic rings. The first-order valence-electron chi connectivity index (χ1n) is 21.8. The van der Waals surface area contributed by atoms with Gasteiger partial charge in [-0.2, -0.15) is 0 Å². The fourth-order valence-corrected chi connectivity index (χ4v) is 6.69. The lowest BCUT2D eigenvalue weighted by molar-refractivity contribution is -0.150. The molecule has 0 aromatic rings. The summed E-state index contributed by atoms with van der Waals surface area (Å²) in [6.07, 6.45) is 52.2. The Morgan fingerprint density at radius 1 is 0.449 bits per heavy atom. The Balaban J connectivity index is 3.80. The summed E-state index contributed by atoms with van der Waals surface area (Å²) < 4.78 is 6.00. The van der Waals surface area contributed by atoms with E-state index in [9.17, 15) is 9.59 Å². The lowest BCUT2D eigenvalue weighted by Gasteiger charge is -2.18. The summed E-state index contributed by atoms with van der Waals surface area (Å²) in [7, 11) is 0. The van der Waals surface area contributed by atoms with Gasteiger partial charge in [-0.05, 0) is 70.6 Å². The number of allylic oxidation sites excluding steroid dienone is 4. The molecule has 0 aromatic heterocycles. The highest BCUT2D eigenvalue weighted by atomic mass is 16.5. The monoisotopic (exact) mass is 689 g/mol. The van der Waals surface area contributed by atoms with E-state index in [2.05, 4.69) is 38.2 Å². The lowest BCUT2D eigenvalue weighted by atomic mass is 10.0. The molecule has 0 aromatic carbocycles. The molecule has 1 atom stereocenters. The van der Waals surface area contributed by atoms with Gasteiger partial charge < -0.3 is 9.84 Å². The Bertz CT molecular complexity index is 742. The van der Waals surface area contributed by atoms with Crippen LogP contribution in [-0.2, 0) is 14.3 Å². The zero-order valence-electron chi connectivity index (χ0n) is 33.0. The molecule has 0 spiro atoms. The Morgan fingerprint density at radius 3 is 1.20 bits per heavy atom. The maximum Gasteiger partial charge on any atom is 0.306 e. The van der Waals surface area contributed by atoms with E-state index in [-0.39, 0.29) is 18.5 Å². The number of hydrogen-bond acceptors (Lipinski definition) is 3. The average Bonchev–Trinajstić information content (AvgIpc) is 3.09. The highest BCUT2D eigenvalue weighted by Crippen LogP contribution is 2.19. The number of esters is 1. The second-order valence-electron chi connectivity index (χ2n) is 14.9. The SMILES string of the molecule is CCCCCCC/C=C\C/C=C\CCCCCCCCCCCCCC(=O)OC(CCCCCCCCCC)CCCCCCCC(=O)O. The second kappa shape index (κ2) is 40.8. The summed E-state index contributed by atoms with van der Waals surface area (Å²) in [4.78, 5) is 23.4.